The summed E-state index contributed by atoms with van der Waals surface area (Å²) in [5.41, 5.74) is 4.13. The summed E-state index contributed by atoms with van der Waals surface area (Å²) in [5.74, 6) is 2.17. The first-order chi connectivity index (χ1) is 15.2. The molecule has 1 atom stereocenters. The molecule has 0 spiro atoms. The first-order valence-electron chi connectivity index (χ1n) is 11.1. The minimum absolute atomic E-state index is 0. The number of aliphatic hydroxyl groups is 1. The third kappa shape index (κ3) is 6.83. The van der Waals surface area contributed by atoms with E-state index in [1.165, 1.54) is 5.56 Å². The van der Waals surface area contributed by atoms with Gasteiger partial charge in [-0.2, -0.15) is 5.10 Å². The molecule has 180 valence electrons. The normalized spacial score (nSPS) is 13.4. The largest absolute Gasteiger partial charge is 0.466 e. The molecule has 0 fully saturated rings. The van der Waals surface area contributed by atoms with E-state index in [0.717, 1.165) is 47.1 Å². The second-order valence-electron chi connectivity index (χ2n) is 8.44. The number of rotatable bonds is 8. The van der Waals surface area contributed by atoms with Crippen molar-refractivity contribution >= 4 is 29.9 Å². The van der Waals surface area contributed by atoms with Gasteiger partial charge in [0.05, 0.1) is 25.3 Å². The Balaban J connectivity index is 0.00000385. The number of furan rings is 1. The van der Waals surface area contributed by atoms with Crippen LogP contribution in [0, 0.1) is 27.7 Å². The SMILES string of the molecule is CCNC(=NCc1c(C)nn(Cc2ccccc2)c1C)NCC(C)(O)c1cc(C)oc1C.I. The lowest BCUT2D eigenvalue weighted by atomic mass is 9.96. The number of hydrogen-bond acceptors (Lipinski definition) is 4. The topological polar surface area (TPSA) is 87.6 Å². The highest BCUT2D eigenvalue weighted by Crippen LogP contribution is 2.26. The van der Waals surface area contributed by atoms with E-state index in [2.05, 4.69) is 29.7 Å². The fourth-order valence-electron chi connectivity index (χ4n) is 3.89. The Morgan fingerprint density at radius 3 is 2.45 bits per heavy atom. The molecule has 0 aliphatic heterocycles. The molecule has 0 aliphatic rings. The number of aromatic nitrogens is 2. The molecule has 3 rings (SSSR count). The van der Waals surface area contributed by atoms with Gasteiger partial charge in [-0.25, -0.2) is 4.99 Å². The minimum Gasteiger partial charge on any atom is -0.466 e. The van der Waals surface area contributed by atoms with Crippen molar-refractivity contribution in [2.75, 3.05) is 13.1 Å². The zero-order chi connectivity index (χ0) is 23.3. The molecule has 7 nitrogen and oxygen atoms in total. The Kier molecular flexibility index (Phi) is 9.54. The van der Waals surface area contributed by atoms with Crippen molar-refractivity contribution in [2.45, 2.75) is 60.2 Å². The molecule has 2 heterocycles. The molecule has 0 aliphatic carbocycles. The van der Waals surface area contributed by atoms with E-state index in [1.54, 1.807) is 6.92 Å². The standard InChI is InChI=1S/C25H35N5O2.HI/c1-7-26-24(28-16-25(6,31)23-13-17(2)32-20(23)5)27-14-22-18(3)29-30(19(22)4)15-21-11-9-8-10-12-21;/h8-13,31H,7,14-16H2,1-6H3,(H2,26,27,28);1H. The van der Waals surface area contributed by atoms with Crippen molar-refractivity contribution in [1.29, 1.82) is 0 Å². The molecule has 0 saturated carbocycles. The summed E-state index contributed by atoms with van der Waals surface area (Å²) in [6.07, 6.45) is 0. The summed E-state index contributed by atoms with van der Waals surface area (Å²) in [5, 5.41) is 22.2. The molecule has 0 saturated heterocycles. The van der Waals surface area contributed by atoms with Crippen LogP contribution in [0.25, 0.3) is 0 Å². The van der Waals surface area contributed by atoms with Crippen LogP contribution < -0.4 is 10.6 Å². The Hall–Kier alpha value is -2.33. The number of halogens is 1. The summed E-state index contributed by atoms with van der Waals surface area (Å²) in [4.78, 5) is 4.76. The number of nitrogens with one attached hydrogen (secondary N) is 2. The van der Waals surface area contributed by atoms with Crippen molar-refractivity contribution in [3.63, 3.8) is 0 Å². The van der Waals surface area contributed by atoms with Crippen LogP contribution in [0.4, 0.5) is 0 Å². The van der Waals surface area contributed by atoms with E-state index in [9.17, 15) is 5.11 Å². The predicted octanol–water partition coefficient (Wildman–Crippen LogP) is 4.34. The Bertz CT molecular complexity index is 1070. The van der Waals surface area contributed by atoms with Crippen molar-refractivity contribution in [2.24, 2.45) is 4.99 Å². The highest BCUT2D eigenvalue weighted by atomic mass is 127. The van der Waals surface area contributed by atoms with Crippen LogP contribution in [0.15, 0.2) is 45.8 Å². The predicted molar refractivity (Wildman–Crippen MR) is 143 cm³/mol. The number of guanidine groups is 1. The molecule has 33 heavy (non-hydrogen) atoms. The van der Waals surface area contributed by atoms with Gasteiger partial charge in [-0.15, -0.1) is 24.0 Å². The third-order valence-corrected chi connectivity index (χ3v) is 5.67. The van der Waals surface area contributed by atoms with Gasteiger partial charge in [0.1, 0.15) is 17.1 Å². The zero-order valence-corrected chi connectivity index (χ0v) is 22.7. The molecule has 3 aromatic rings. The Labute approximate surface area is 213 Å². The number of hydrogen-bond donors (Lipinski definition) is 3. The van der Waals surface area contributed by atoms with E-state index in [-0.39, 0.29) is 24.0 Å². The first kappa shape index (κ1) is 26.9. The molecule has 1 aromatic carbocycles. The third-order valence-electron chi connectivity index (χ3n) is 5.67. The number of aryl methyl sites for hydroxylation is 3. The van der Waals surface area contributed by atoms with E-state index < -0.39 is 5.60 Å². The van der Waals surface area contributed by atoms with Crippen LogP contribution in [0.2, 0.25) is 0 Å². The molecular weight excluding hydrogens is 529 g/mol. The lowest BCUT2D eigenvalue weighted by Gasteiger charge is -2.24. The summed E-state index contributed by atoms with van der Waals surface area (Å²) >= 11 is 0. The lowest BCUT2D eigenvalue weighted by molar-refractivity contribution is 0.0601. The molecular formula is C25H36IN5O2. The summed E-state index contributed by atoms with van der Waals surface area (Å²) in [6.45, 7) is 13.9. The average Bonchev–Trinajstić information content (AvgIpc) is 3.23. The van der Waals surface area contributed by atoms with Gasteiger partial charge in [-0.05, 0) is 53.2 Å². The van der Waals surface area contributed by atoms with E-state index in [1.807, 2.05) is 56.6 Å². The average molecular weight is 566 g/mol. The van der Waals surface area contributed by atoms with Gasteiger partial charge >= 0.3 is 0 Å². The van der Waals surface area contributed by atoms with Crippen molar-refractivity contribution in [1.82, 2.24) is 20.4 Å². The van der Waals surface area contributed by atoms with Gasteiger partial charge in [0.2, 0.25) is 0 Å². The molecule has 2 aromatic heterocycles. The summed E-state index contributed by atoms with van der Waals surface area (Å²) in [7, 11) is 0. The van der Waals surface area contributed by atoms with Crippen molar-refractivity contribution in [3.05, 3.63) is 76.0 Å². The van der Waals surface area contributed by atoms with Crippen LogP contribution in [0.5, 0.6) is 0 Å². The quantitative estimate of drug-likeness (QED) is 0.215. The summed E-state index contributed by atoms with van der Waals surface area (Å²) in [6, 6.07) is 12.2. The maximum atomic E-state index is 11.0. The maximum absolute atomic E-state index is 11.0. The maximum Gasteiger partial charge on any atom is 0.191 e. The van der Waals surface area contributed by atoms with Crippen LogP contribution in [-0.2, 0) is 18.7 Å². The first-order valence-corrected chi connectivity index (χ1v) is 11.1. The highest BCUT2D eigenvalue weighted by molar-refractivity contribution is 14.0. The molecule has 0 amide bonds. The Morgan fingerprint density at radius 2 is 1.85 bits per heavy atom. The van der Waals surface area contributed by atoms with Gasteiger partial charge in [0.15, 0.2) is 5.96 Å². The smallest absolute Gasteiger partial charge is 0.191 e. The fraction of sp³-hybridized carbons (Fsp3) is 0.440. The Morgan fingerprint density at radius 1 is 1.15 bits per heavy atom. The van der Waals surface area contributed by atoms with Crippen LogP contribution in [0.1, 0.15) is 53.4 Å². The lowest BCUT2D eigenvalue weighted by Crippen LogP contribution is -2.44. The van der Waals surface area contributed by atoms with Gasteiger partial charge < -0.3 is 20.2 Å². The second-order valence-corrected chi connectivity index (χ2v) is 8.44. The molecule has 8 heteroatoms. The number of benzene rings is 1. The zero-order valence-electron chi connectivity index (χ0n) is 20.4. The van der Waals surface area contributed by atoms with Gasteiger partial charge in [0, 0.05) is 23.4 Å². The molecule has 1 unspecified atom stereocenters. The van der Waals surface area contributed by atoms with Crippen molar-refractivity contribution in [3.8, 4) is 0 Å². The van der Waals surface area contributed by atoms with Crippen LogP contribution in [-0.4, -0.2) is 33.9 Å². The van der Waals surface area contributed by atoms with Gasteiger partial charge in [0.25, 0.3) is 0 Å². The molecule has 0 radical (unpaired) electrons. The van der Waals surface area contributed by atoms with Gasteiger partial charge in [-0.1, -0.05) is 30.3 Å². The summed E-state index contributed by atoms with van der Waals surface area (Å²) < 4.78 is 7.62. The van der Waals surface area contributed by atoms with Crippen molar-refractivity contribution < 1.29 is 9.52 Å². The highest BCUT2D eigenvalue weighted by Gasteiger charge is 2.28. The van der Waals surface area contributed by atoms with Crippen LogP contribution in [0.3, 0.4) is 0 Å². The van der Waals surface area contributed by atoms with E-state index in [4.69, 9.17) is 14.5 Å². The second kappa shape index (κ2) is 11.7. The number of nitrogens with zero attached hydrogens (tertiary/aromatic N) is 3. The molecule has 0 bridgehead atoms. The number of aliphatic imine (C=N–C) groups is 1. The van der Waals surface area contributed by atoms with E-state index in [0.29, 0.717) is 19.0 Å². The monoisotopic (exact) mass is 565 g/mol. The van der Waals surface area contributed by atoms with Gasteiger partial charge in [-0.3, -0.25) is 4.68 Å². The fourth-order valence-corrected chi connectivity index (χ4v) is 3.89. The van der Waals surface area contributed by atoms with E-state index >= 15 is 0 Å². The van der Waals surface area contributed by atoms with Crippen LogP contribution >= 0.6 is 24.0 Å². The molecule has 3 N–H and O–H groups in total. The minimum atomic E-state index is -1.08.